The fourth-order valence-electron chi connectivity index (χ4n) is 4.97. The molecule has 0 aliphatic carbocycles. The summed E-state index contributed by atoms with van der Waals surface area (Å²) in [6, 6.07) is 11.0. The molecule has 2 aromatic carbocycles. The molecule has 2 aromatic rings. The minimum atomic E-state index is -4.06. The molecule has 0 spiro atoms. The van der Waals surface area contributed by atoms with Gasteiger partial charge in [-0.15, -0.1) is 0 Å². The van der Waals surface area contributed by atoms with E-state index in [4.69, 9.17) is 13.7 Å². The van der Waals surface area contributed by atoms with Crippen LogP contribution in [0.2, 0.25) is 0 Å². The van der Waals surface area contributed by atoms with Crippen molar-refractivity contribution in [3.63, 3.8) is 0 Å². The summed E-state index contributed by atoms with van der Waals surface area (Å²) in [4.78, 5) is 14.9. The molecular formula is C27H33N3O6S. The topological polar surface area (TPSA) is 118 Å². The molecule has 4 rings (SSSR count). The third kappa shape index (κ3) is 5.84. The van der Waals surface area contributed by atoms with Crippen molar-refractivity contribution in [2.24, 2.45) is 0 Å². The van der Waals surface area contributed by atoms with Crippen molar-refractivity contribution in [2.75, 3.05) is 26.3 Å². The van der Waals surface area contributed by atoms with Gasteiger partial charge in [0.05, 0.1) is 25.3 Å². The molecule has 0 saturated carbocycles. The molecule has 37 heavy (non-hydrogen) atoms. The van der Waals surface area contributed by atoms with E-state index in [0.717, 1.165) is 17.5 Å². The zero-order chi connectivity index (χ0) is 26.6. The zero-order valence-corrected chi connectivity index (χ0v) is 22.2. The number of hydrogen-bond acceptors (Lipinski definition) is 8. The van der Waals surface area contributed by atoms with Gasteiger partial charge in [0.1, 0.15) is 28.2 Å². The SMILES string of the molecule is CCOc1cc(OS(=O)(=O)c2ccc(C)cc2)cc(OCC)c1[C@@H]1CN[C@H](C(=O)N2CCC[C@H]2C#N)C1. The van der Waals surface area contributed by atoms with Crippen molar-refractivity contribution in [3.8, 4) is 23.3 Å². The van der Waals surface area contributed by atoms with Crippen LogP contribution < -0.4 is 19.0 Å². The standard InChI is InChI=1S/C27H33N3O6S/c1-4-34-24-14-21(36-37(32,33)22-10-8-18(3)9-11-22)15-25(35-5-2)26(24)19-13-23(29-17-19)27(31)30-12-6-7-20(30)16-28/h8-11,14-15,19-20,23,29H,4-7,12-13,17H2,1-3H3/t19-,20-,23-/m0/s1. The first-order valence-corrected chi connectivity index (χ1v) is 14.1. The molecule has 1 N–H and O–H groups in total. The Balaban J connectivity index is 1.62. The van der Waals surface area contributed by atoms with E-state index < -0.39 is 16.2 Å². The van der Waals surface area contributed by atoms with Gasteiger partial charge in [0.2, 0.25) is 5.91 Å². The second-order valence-corrected chi connectivity index (χ2v) is 10.8. The van der Waals surface area contributed by atoms with Crippen LogP contribution in [0, 0.1) is 18.3 Å². The molecule has 2 heterocycles. The third-order valence-electron chi connectivity index (χ3n) is 6.72. The fraction of sp³-hybridized carbons (Fsp3) is 0.481. The van der Waals surface area contributed by atoms with E-state index in [1.54, 1.807) is 29.2 Å². The van der Waals surface area contributed by atoms with Gasteiger partial charge in [-0.05, 0) is 52.2 Å². The molecule has 2 fully saturated rings. The molecule has 2 aliphatic heterocycles. The normalized spacial score (nSPS) is 21.5. The number of aryl methyl sites for hydroxylation is 1. The van der Waals surface area contributed by atoms with E-state index in [1.165, 1.54) is 12.1 Å². The lowest BCUT2D eigenvalue weighted by molar-refractivity contribution is -0.133. The zero-order valence-electron chi connectivity index (χ0n) is 21.4. The number of rotatable bonds is 9. The Hall–Kier alpha value is -3.29. The smallest absolute Gasteiger partial charge is 0.339 e. The number of carbonyl (C=O) groups is 1. The number of ether oxygens (including phenoxy) is 2. The first-order valence-electron chi connectivity index (χ1n) is 12.7. The Morgan fingerprint density at radius 2 is 1.78 bits per heavy atom. The minimum absolute atomic E-state index is 0.0528. The highest BCUT2D eigenvalue weighted by Crippen LogP contribution is 2.43. The van der Waals surface area contributed by atoms with Crippen molar-refractivity contribution in [3.05, 3.63) is 47.5 Å². The summed E-state index contributed by atoms with van der Waals surface area (Å²) in [7, 11) is -4.06. The van der Waals surface area contributed by atoms with E-state index >= 15 is 0 Å². The highest BCUT2D eigenvalue weighted by Gasteiger charge is 2.39. The number of likely N-dealkylation sites (tertiary alicyclic amines) is 1. The molecule has 0 unspecified atom stereocenters. The first kappa shape index (κ1) is 26.8. The molecule has 1 amide bonds. The molecule has 0 radical (unpaired) electrons. The van der Waals surface area contributed by atoms with E-state index in [0.29, 0.717) is 50.6 Å². The average Bonchev–Trinajstić information content (AvgIpc) is 3.54. The van der Waals surface area contributed by atoms with Crippen molar-refractivity contribution < 1.29 is 26.9 Å². The van der Waals surface area contributed by atoms with Crippen molar-refractivity contribution in [1.29, 1.82) is 5.26 Å². The Morgan fingerprint density at radius 3 is 2.38 bits per heavy atom. The number of carbonyl (C=O) groups excluding carboxylic acids is 1. The number of nitrogens with zero attached hydrogens (tertiary/aromatic N) is 2. The Morgan fingerprint density at radius 1 is 1.14 bits per heavy atom. The van der Waals surface area contributed by atoms with Crippen molar-refractivity contribution in [1.82, 2.24) is 10.2 Å². The van der Waals surface area contributed by atoms with Gasteiger partial charge in [0.15, 0.2) is 0 Å². The second-order valence-electron chi connectivity index (χ2n) is 9.26. The van der Waals surface area contributed by atoms with E-state index in [1.807, 2.05) is 20.8 Å². The molecular weight excluding hydrogens is 494 g/mol. The van der Waals surface area contributed by atoms with E-state index in [9.17, 15) is 18.5 Å². The maximum Gasteiger partial charge on any atom is 0.339 e. The van der Waals surface area contributed by atoms with Gasteiger partial charge < -0.3 is 23.9 Å². The van der Waals surface area contributed by atoms with Gasteiger partial charge in [-0.3, -0.25) is 4.79 Å². The Labute approximate surface area is 218 Å². The van der Waals surface area contributed by atoms with Crippen molar-refractivity contribution in [2.45, 2.75) is 62.9 Å². The molecule has 0 bridgehead atoms. The largest absolute Gasteiger partial charge is 0.493 e. The van der Waals surface area contributed by atoms with Gasteiger partial charge in [-0.25, -0.2) is 0 Å². The summed E-state index contributed by atoms with van der Waals surface area (Å²) in [5.74, 6) is 0.829. The van der Waals surface area contributed by atoms with Gasteiger partial charge in [0, 0.05) is 36.7 Å². The summed E-state index contributed by atoms with van der Waals surface area (Å²) in [6.07, 6.45) is 2.04. The Bertz CT molecular complexity index is 1250. The molecule has 9 nitrogen and oxygen atoms in total. The first-order chi connectivity index (χ1) is 17.8. The van der Waals surface area contributed by atoms with Gasteiger partial charge >= 0.3 is 10.1 Å². The molecule has 2 saturated heterocycles. The van der Waals surface area contributed by atoms with Crippen LogP contribution in [-0.2, 0) is 14.9 Å². The number of nitrogens with one attached hydrogen (secondary N) is 1. The Kier molecular flexibility index (Phi) is 8.25. The fourth-order valence-corrected chi connectivity index (χ4v) is 5.88. The molecule has 10 heteroatoms. The third-order valence-corrected chi connectivity index (χ3v) is 7.98. The molecule has 3 atom stereocenters. The molecule has 0 aromatic heterocycles. The quantitative estimate of drug-likeness (QED) is 0.492. The maximum atomic E-state index is 13.1. The second kappa shape index (κ2) is 11.4. The predicted molar refractivity (Wildman–Crippen MR) is 137 cm³/mol. The van der Waals surface area contributed by atoms with Gasteiger partial charge in [-0.1, -0.05) is 17.7 Å². The highest BCUT2D eigenvalue weighted by molar-refractivity contribution is 7.87. The maximum absolute atomic E-state index is 13.1. The monoisotopic (exact) mass is 527 g/mol. The number of benzene rings is 2. The average molecular weight is 528 g/mol. The van der Waals surface area contributed by atoms with Crippen LogP contribution in [0.4, 0.5) is 0 Å². The van der Waals surface area contributed by atoms with E-state index in [2.05, 4.69) is 11.4 Å². The highest BCUT2D eigenvalue weighted by atomic mass is 32.2. The number of hydrogen-bond donors (Lipinski definition) is 1. The minimum Gasteiger partial charge on any atom is -0.493 e. The predicted octanol–water partition coefficient (Wildman–Crippen LogP) is 3.52. The summed E-state index contributed by atoms with van der Waals surface area (Å²) in [6.45, 7) is 7.38. The van der Waals surface area contributed by atoms with Gasteiger partial charge in [0.25, 0.3) is 0 Å². The summed E-state index contributed by atoms with van der Waals surface area (Å²) in [5, 5.41) is 12.7. The van der Waals surface area contributed by atoms with Crippen LogP contribution in [0.25, 0.3) is 0 Å². The molecule has 2 aliphatic rings. The van der Waals surface area contributed by atoms with Crippen LogP contribution in [0.1, 0.15) is 50.2 Å². The lowest BCUT2D eigenvalue weighted by Gasteiger charge is -2.24. The summed E-state index contributed by atoms with van der Waals surface area (Å²) >= 11 is 0. The van der Waals surface area contributed by atoms with Crippen LogP contribution >= 0.6 is 0 Å². The number of amides is 1. The van der Waals surface area contributed by atoms with Crippen LogP contribution in [0.3, 0.4) is 0 Å². The van der Waals surface area contributed by atoms with Crippen molar-refractivity contribution >= 4 is 16.0 Å². The van der Waals surface area contributed by atoms with Crippen LogP contribution in [-0.4, -0.2) is 57.6 Å². The molecule has 198 valence electrons. The lowest BCUT2D eigenvalue weighted by Crippen LogP contribution is -2.45. The van der Waals surface area contributed by atoms with Crippen LogP contribution in [0.15, 0.2) is 41.3 Å². The van der Waals surface area contributed by atoms with Gasteiger partial charge in [-0.2, -0.15) is 13.7 Å². The van der Waals surface area contributed by atoms with Crippen LogP contribution in [0.5, 0.6) is 17.2 Å². The van der Waals surface area contributed by atoms with E-state index in [-0.39, 0.29) is 28.5 Å². The lowest BCUT2D eigenvalue weighted by atomic mass is 9.93. The summed E-state index contributed by atoms with van der Waals surface area (Å²) < 4.78 is 43.1. The number of nitriles is 1. The summed E-state index contributed by atoms with van der Waals surface area (Å²) in [5.41, 5.74) is 1.71.